The van der Waals surface area contributed by atoms with E-state index in [9.17, 15) is 0 Å². The first-order chi connectivity index (χ1) is 7.83. The molecule has 0 bridgehead atoms. The molecule has 0 radical (unpaired) electrons. The van der Waals surface area contributed by atoms with Crippen molar-refractivity contribution >= 4 is 10.9 Å². The summed E-state index contributed by atoms with van der Waals surface area (Å²) >= 11 is 0. The van der Waals surface area contributed by atoms with Gasteiger partial charge < -0.3 is 4.98 Å². The van der Waals surface area contributed by atoms with Crippen LogP contribution in [0.5, 0.6) is 0 Å². The molecule has 0 unspecified atom stereocenters. The molecule has 0 amide bonds. The summed E-state index contributed by atoms with van der Waals surface area (Å²) in [5, 5.41) is 1.23. The molecule has 0 aliphatic heterocycles. The lowest BCUT2D eigenvalue weighted by Crippen LogP contribution is -1.80. The molecule has 2 aromatic heterocycles. The molecule has 0 spiro atoms. The predicted octanol–water partition coefficient (Wildman–Crippen LogP) is 3.54. The molecule has 2 heteroatoms. The molecule has 3 rings (SSSR count). The maximum Gasteiger partial charge on any atom is 0.0864 e. The largest absolute Gasteiger partial charge is 0.353 e. The van der Waals surface area contributed by atoms with Gasteiger partial charge >= 0.3 is 0 Å². The Balaban J connectivity index is 2.19. The van der Waals surface area contributed by atoms with Crippen molar-refractivity contribution in [2.75, 3.05) is 0 Å². The molecule has 16 heavy (non-hydrogen) atoms. The fraction of sp³-hybridized carbons (Fsp3) is 0.0714. The molecule has 1 aromatic carbocycles. The molecule has 0 fully saturated rings. The Hall–Kier alpha value is -2.09. The number of fused-ring (bicyclic) bond motifs is 1. The highest BCUT2D eigenvalue weighted by molar-refractivity contribution is 5.85. The standard InChI is InChI=1S/C14H12N2/c1-10-5-6-11-9-14(16-13(11)8-10)12-4-2-3-7-15-12/h2-9,16H,1H3. The Morgan fingerprint density at radius 2 is 2.00 bits per heavy atom. The average molecular weight is 208 g/mol. The molecule has 0 saturated carbocycles. The van der Waals surface area contributed by atoms with Gasteiger partial charge in [0.1, 0.15) is 0 Å². The highest BCUT2D eigenvalue weighted by Gasteiger charge is 2.03. The zero-order valence-corrected chi connectivity index (χ0v) is 9.07. The number of hydrogen-bond donors (Lipinski definition) is 1. The highest BCUT2D eigenvalue weighted by atomic mass is 14.8. The minimum absolute atomic E-state index is 0.983. The molecule has 0 aliphatic rings. The van der Waals surface area contributed by atoms with E-state index in [4.69, 9.17) is 0 Å². The quantitative estimate of drug-likeness (QED) is 0.651. The maximum atomic E-state index is 4.34. The van der Waals surface area contributed by atoms with Gasteiger partial charge in [0.25, 0.3) is 0 Å². The van der Waals surface area contributed by atoms with Crippen LogP contribution in [0.25, 0.3) is 22.3 Å². The normalized spacial score (nSPS) is 10.8. The van der Waals surface area contributed by atoms with Crippen molar-refractivity contribution < 1.29 is 0 Å². The summed E-state index contributed by atoms with van der Waals surface area (Å²) in [7, 11) is 0. The van der Waals surface area contributed by atoms with Crippen molar-refractivity contribution in [1.82, 2.24) is 9.97 Å². The number of nitrogens with one attached hydrogen (secondary N) is 1. The van der Waals surface area contributed by atoms with E-state index in [1.807, 2.05) is 24.4 Å². The van der Waals surface area contributed by atoms with Crippen molar-refractivity contribution in [3.8, 4) is 11.4 Å². The molecule has 0 aliphatic carbocycles. The minimum atomic E-state index is 0.983. The first kappa shape index (κ1) is 9.16. The average Bonchev–Trinajstić information content (AvgIpc) is 2.73. The third-order valence-electron chi connectivity index (χ3n) is 2.72. The lowest BCUT2D eigenvalue weighted by molar-refractivity contribution is 1.29. The van der Waals surface area contributed by atoms with Gasteiger partial charge in [0.15, 0.2) is 0 Å². The third kappa shape index (κ3) is 1.48. The monoisotopic (exact) mass is 208 g/mol. The van der Waals surface area contributed by atoms with Crippen LogP contribution in [0.4, 0.5) is 0 Å². The van der Waals surface area contributed by atoms with Crippen molar-refractivity contribution in [3.05, 3.63) is 54.2 Å². The minimum Gasteiger partial charge on any atom is -0.353 e. The zero-order chi connectivity index (χ0) is 11.0. The Morgan fingerprint density at radius 3 is 2.81 bits per heavy atom. The van der Waals surface area contributed by atoms with Crippen molar-refractivity contribution in [2.24, 2.45) is 0 Å². The summed E-state index contributed by atoms with van der Waals surface area (Å²) in [5.41, 5.74) is 4.49. The SMILES string of the molecule is Cc1ccc2cc(-c3ccccn3)[nH]c2c1. The smallest absolute Gasteiger partial charge is 0.0864 e. The second-order valence-corrected chi connectivity index (χ2v) is 3.99. The highest BCUT2D eigenvalue weighted by Crippen LogP contribution is 2.22. The summed E-state index contributed by atoms with van der Waals surface area (Å²) in [5.74, 6) is 0. The van der Waals surface area contributed by atoms with Crippen LogP contribution in [-0.2, 0) is 0 Å². The first-order valence-electron chi connectivity index (χ1n) is 5.34. The van der Waals surface area contributed by atoms with Crippen LogP contribution in [0, 0.1) is 6.92 Å². The van der Waals surface area contributed by atoms with Gasteiger partial charge in [-0.1, -0.05) is 18.2 Å². The molecule has 0 saturated heterocycles. The second-order valence-electron chi connectivity index (χ2n) is 3.99. The first-order valence-corrected chi connectivity index (χ1v) is 5.34. The number of hydrogen-bond acceptors (Lipinski definition) is 1. The summed E-state index contributed by atoms with van der Waals surface area (Å²) in [6.45, 7) is 2.10. The van der Waals surface area contributed by atoms with Gasteiger partial charge in [-0.15, -0.1) is 0 Å². The number of aromatic amines is 1. The van der Waals surface area contributed by atoms with E-state index >= 15 is 0 Å². The fourth-order valence-corrected chi connectivity index (χ4v) is 1.90. The topological polar surface area (TPSA) is 28.7 Å². The molecule has 2 heterocycles. The van der Waals surface area contributed by atoms with Crippen LogP contribution in [0.15, 0.2) is 48.7 Å². The van der Waals surface area contributed by atoms with E-state index in [1.54, 1.807) is 0 Å². The number of rotatable bonds is 1. The number of aromatic nitrogens is 2. The molecule has 78 valence electrons. The number of H-pyrrole nitrogens is 1. The molecule has 3 aromatic rings. The summed E-state index contributed by atoms with van der Waals surface area (Å²) in [6, 6.07) is 14.5. The Labute approximate surface area is 94.0 Å². The molecular formula is C14H12N2. The zero-order valence-electron chi connectivity index (χ0n) is 9.07. The second kappa shape index (κ2) is 3.49. The summed E-state index contributed by atoms with van der Waals surface area (Å²) in [6.07, 6.45) is 1.81. The lowest BCUT2D eigenvalue weighted by Gasteiger charge is -1.94. The van der Waals surface area contributed by atoms with Gasteiger partial charge in [-0.25, -0.2) is 0 Å². The lowest BCUT2D eigenvalue weighted by atomic mass is 10.2. The van der Waals surface area contributed by atoms with Gasteiger partial charge in [-0.2, -0.15) is 0 Å². The number of benzene rings is 1. The van der Waals surface area contributed by atoms with Crippen molar-refractivity contribution in [1.29, 1.82) is 0 Å². The number of pyridine rings is 1. The third-order valence-corrected chi connectivity index (χ3v) is 2.72. The van der Waals surface area contributed by atoms with Crippen LogP contribution in [0.1, 0.15) is 5.56 Å². The molecule has 0 atom stereocenters. The molecular weight excluding hydrogens is 196 g/mol. The summed E-state index contributed by atoms with van der Waals surface area (Å²) in [4.78, 5) is 7.73. The number of nitrogens with zero attached hydrogens (tertiary/aromatic N) is 1. The van der Waals surface area contributed by atoms with Gasteiger partial charge in [0, 0.05) is 17.1 Å². The molecule has 1 N–H and O–H groups in total. The van der Waals surface area contributed by atoms with Crippen molar-refractivity contribution in [3.63, 3.8) is 0 Å². The van der Waals surface area contributed by atoms with Crippen LogP contribution in [0.3, 0.4) is 0 Å². The van der Waals surface area contributed by atoms with E-state index in [0.717, 1.165) is 11.4 Å². The van der Waals surface area contributed by atoms with Crippen molar-refractivity contribution in [2.45, 2.75) is 6.92 Å². The van der Waals surface area contributed by atoms with Gasteiger partial charge in [-0.05, 0) is 36.8 Å². The van der Waals surface area contributed by atoms with E-state index in [2.05, 4.69) is 41.2 Å². The maximum absolute atomic E-state index is 4.34. The Bertz CT molecular complexity index is 624. The molecule has 2 nitrogen and oxygen atoms in total. The van der Waals surface area contributed by atoms with Crippen LogP contribution >= 0.6 is 0 Å². The fourth-order valence-electron chi connectivity index (χ4n) is 1.90. The van der Waals surface area contributed by atoms with E-state index in [1.165, 1.54) is 16.5 Å². The predicted molar refractivity (Wildman–Crippen MR) is 66.3 cm³/mol. The summed E-state index contributed by atoms with van der Waals surface area (Å²) < 4.78 is 0. The van der Waals surface area contributed by atoms with E-state index in [-0.39, 0.29) is 0 Å². The number of aryl methyl sites for hydroxylation is 1. The van der Waals surface area contributed by atoms with Crippen LogP contribution in [0.2, 0.25) is 0 Å². The Morgan fingerprint density at radius 1 is 1.06 bits per heavy atom. The van der Waals surface area contributed by atoms with Gasteiger partial charge in [0.2, 0.25) is 0 Å². The van der Waals surface area contributed by atoms with E-state index in [0.29, 0.717) is 0 Å². The van der Waals surface area contributed by atoms with Crippen LogP contribution < -0.4 is 0 Å². The van der Waals surface area contributed by atoms with E-state index < -0.39 is 0 Å². The van der Waals surface area contributed by atoms with Gasteiger partial charge in [0.05, 0.1) is 11.4 Å². The van der Waals surface area contributed by atoms with Crippen LogP contribution in [-0.4, -0.2) is 9.97 Å². The Kier molecular flexibility index (Phi) is 2.00. The van der Waals surface area contributed by atoms with Gasteiger partial charge in [-0.3, -0.25) is 4.98 Å².